The van der Waals surface area contributed by atoms with Gasteiger partial charge in [-0.2, -0.15) is 0 Å². The highest BCUT2D eigenvalue weighted by atomic mass is 35.5. The fraction of sp³-hybridized carbons (Fsp3) is 0. The number of carbonyl (C=O) groups is 1. The number of hydrogen-bond donors (Lipinski definition) is 1. The molecule has 0 bridgehead atoms. The second-order valence-electron chi connectivity index (χ2n) is 3.90. The van der Waals surface area contributed by atoms with E-state index in [1.54, 1.807) is 24.3 Å². The van der Waals surface area contributed by atoms with Crippen LogP contribution in [-0.4, -0.2) is 21.3 Å². The van der Waals surface area contributed by atoms with Gasteiger partial charge in [-0.15, -0.1) is 10.2 Å². The highest BCUT2D eigenvalue weighted by Crippen LogP contribution is 2.27. The van der Waals surface area contributed by atoms with Crippen LogP contribution in [0.1, 0.15) is 10.4 Å². The molecular formula is C13H7ClN2O4. The third kappa shape index (κ3) is 2.28. The number of aromatic nitrogens is 2. The lowest BCUT2D eigenvalue weighted by atomic mass is 10.1. The van der Waals surface area contributed by atoms with Gasteiger partial charge in [0.1, 0.15) is 0 Å². The van der Waals surface area contributed by atoms with E-state index >= 15 is 0 Å². The summed E-state index contributed by atoms with van der Waals surface area (Å²) in [6.07, 6.45) is 0. The lowest BCUT2D eigenvalue weighted by Crippen LogP contribution is -1.95. The summed E-state index contributed by atoms with van der Waals surface area (Å²) in [5, 5.41) is 16.9. The normalized spacial score (nSPS) is 10.7. The first-order valence-corrected chi connectivity index (χ1v) is 5.94. The maximum absolute atomic E-state index is 10.9. The maximum Gasteiger partial charge on any atom is 0.335 e. The lowest BCUT2D eigenvalue weighted by molar-refractivity contribution is 0.0697. The summed E-state index contributed by atoms with van der Waals surface area (Å²) < 4.78 is 10.6. The molecule has 3 rings (SSSR count). The monoisotopic (exact) mass is 290 g/mol. The first kappa shape index (κ1) is 12.4. The Bertz CT molecular complexity index is 778. The van der Waals surface area contributed by atoms with E-state index in [1.807, 2.05) is 0 Å². The Morgan fingerprint density at radius 1 is 1.10 bits per heavy atom. The van der Waals surface area contributed by atoms with E-state index in [-0.39, 0.29) is 22.6 Å². The average molecular weight is 291 g/mol. The molecule has 0 aliphatic carbocycles. The van der Waals surface area contributed by atoms with Crippen molar-refractivity contribution in [2.24, 2.45) is 0 Å². The molecule has 0 atom stereocenters. The van der Waals surface area contributed by atoms with Crippen molar-refractivity contribution in [3.8, 4) is 23.1 Å². The molecule has 0 fully saturated rings. The van der Waals surface area contributed by atoms with E-state index in [4.69, 9.17) is 25.5 Å². The van der Waals surface area contributed by atoms with Crippen molar-refractivity contribution in [2.75, 3.05) is 0 Å². The van der Waals surface area contributed by atoms with Gasteiger partial charge >= 0.3 is 5.97 Å². The first-order valence-electron chi connectivity index (χ1n) is 5.56. The van der Waals surface area contributed by atoms with Crippen LogP contribution in [0.5, 0.6) is 0 Å². The van der Waals surface area contributed by atoms with Gasteiger partial charge in [-0.1, -0.05) is 6.07 Å². The molecule has 2 heterocycles. The van der Waals surface area contributed by atoms with Gasteiger partial charge in [-0.05, 0) is 41.9 Å². The summed E-state index contributed by atoms with van der Waals surface area (Å²) in [6, 6.07) is 9.38. The van der Waals surface area contributed by atoms with Crippen LogP contribution in [0.2, 0.25) is 5.22 Å². The molecule has 100 valence electrons. The van der Waals surface area contributed by atoms with Crippen LogP contribution in [0, 0.1) is 0 Å². The van der Waals surface area contributed by atoms with Crippen molar-refractivity contribution >= 4 is 17.6 Å². The topological polar surface area (TPSA) is 89.4 Å². The fourth-order valence-electron chi connectivity index (χ4n) is 1.65. The van der Waals surface area contributed by atoms with Gasteiger partial charge in [-0.25, -0.2) is 4.79 Å². The largest absolute Gasteiger partial charge is 0.478 e. The third-order valence-corrected chi connectivity index (χ3v) is 2.77. The molecule has 1 N–H and O–H groups in total. The van der Waals surface area contributed by atoms with E-state index < -0.39 is 5.97 Å². The third-order valence-electron chi connectivity index (χ3n) is 2.57. The zero-order chi connectivity index (χ0) is 14.1. The van der Waals surface area contributed by atoms with Crippen molar-refractivity contribution in [3.63, 3.8) is 0 Å². The zero-order valence-electron chi connectivity index (χ0n) is 9.91. The number of rotatable bonds is 3. The van der Waals surface area contributed by atoms with Gasteiger partial charge in [0.2, 0.25) is 5.89 Å². The van der Waals surface area contributed by atoms with E-state index in [1.165, 1.54) is 12.1 Å². The van der Waals surface area contributed by atoms with Gasteiger partial charge in [0, 0.05) is 5.56 Å². The zero-order valence-corrected chi connectivity index (χ0v) is 10.7. The molecule has 0 amide bonds. The molecular weight excluding hydrogens is 284 g/mol. The van der Waals surface area contributed by atoms with Crippen molar-refractivity contribution in [1.82, 2.24) is 10.2 Å². The minimum Gasteiger partial charge on any atom is -0.478 e. The predicted molar refractivity (Wildman–Crippen MR) is 69.4 cm³/mol. The highest BCUT2D eigenvalue weighted by Gasteiger charge is 2.14. The molecule has 0 unspecified atom stereocenters. The lowest BCUT2D eigenvalue weighted by Gasteiger charge is -1.96. The first-order chi connectivity index (χ1) is 9.63. The molecule has 0 radical (unpaired) electrons. The molecule has 7 heteroatoms. The number of carboxylic acid groups (broad SMARTS) is 1. The molecule has 20 heavy (non-hydrogen) atoms. The van der Waals surface area contributed by atoms with Crippen molar-refractivity contribution in [2.45, 2.75) is 0 Å². The Morgan fingerprint density at radius 3 is 2.60 bits per heavy atom. The minimum absolute atomic E-state index is 0.142. The van der Waals surface area contributed by atoms with Gasteiger partial charge in [0.15, 0.2) is 11.0 Å². The van der Waals surface area contributed by atoms with E-state index in [0.717, 1.165) is 0 Å². The summed E-state index contributed by atoms with van der Waals surface area (Å²) in [5.74, 6) is -0.296. The van der Waals surface area contributed by atoms with Crippen LogP contribution in [0.25, 0.3) is 23.1 Å². The maximum atomic E-state index is 10.9. The van der Waals surface area contributed by atoms with Crippen LogP contribution in [0.3, 0.4) is 0 Å². The number of hydrogen-bond acceptors (Lipinski definition) is 5. The molecule has 2 aromatic heterocycles. The smallest absolute Gasteiger partial charge is 0.335 e. The van der Waals surface area contributed by atoms with Crippen molar-refractivity contribution < 1.29 is 18.7 Å². The van der Waals surface area contributed by atoms with Gasteiger partial charge in [0.05, 0.1) is 5.56 Å². The standard InChI is InChI=1S/C13H7ClN2O4/c14-10-5-4-9(19-10)12-16-15-11(20-12)7-2-1-3-8(6-7)13(17)18/h1-6H,(H,17,18). The fourth-order valence-corrected chi connectivity index (χ4v) is 1.80. The summed E-state index contributed by atoms with van der Waals surface area (Å²) >= 11 is 5.67. The number of nitrogens with zero attached hydrogens (tertiary/aromatic N) is 2. The molecule has 3 aromatic rings. The summed E-state index contributed by atoms with van der Waals surface area (Å²) in [4.78, 5) is 10.9. The Kier molecular flexibility index (Phi) is 3.00. The number of halogens is 1. The van der Waals surface area contributed by atoms with Gasteiger partial charge in [0.25, 0.3) is 5.89 Å². The van der Waals surface area contributed by atoms with E-state index in [2.05, 4.69) is 10.2 Å². The molecule has 0 spiro atoms. The Balaban J connectivity index is 1.98. The Labute approximate surface area is 117 Å². The number of benzene rings is 1. The van der Waals surface area contributed by atoms with Crippen molar-refractivity contribution in [3.05, 3.63) is 47.2 Å². The molecule has 0 aliphatic rings. The SMILES string of the molecule is O=C(O)c1cccc(-c2nnc(-c3ccc(Cl)o3)o2)c1. The summed E-state index contributed by atoms with van der Waals surface area (Å²) in [7, 11) is 0. The Hall–Kier alpha value is -2.60. The number of carboxylic acids is 1. The summed E-state index contributed by atoms with van der Waals surface area (Å²) in [6.45, 7) is 0. The Morgan fingerprint density at radius 2 is 1.90 bits per heavy atom. The van der Waals surface area contributed by atoms with Crippen LogP contribution >= 0.6 is 11.6 Å². The van der Waals surface area contributed by atoms with Crippen LogP contribution in [0.15, 0.2) is 45.2 Å². The van der Waals surface area contributed by atoms with Gasteiger partial charge < -0.3 is 13.9 Å². The van der Waals surface area contributed by atoms with Crippen LogP contribution < -0.4 is 0 Å². The second kappa shape index (κ2) is 4.82. The van der Waals surface area contributed by atoms with Crippen LogP contribution in [-0.2, 0) is 0 Å². The molecule has 1 aromatic carbocycles. The molecule has 6 nitrogen and oxygen atoms in total. The number of furan rings is 1. The second-order valence-corrected chi connectivity index (χ2v) is 4.27. The van der Waals surface area contributed by atoms with E-state index in [9.17, 15) is 4.79 Å². The summed E-state index contributed by atoms with van der Waals surface area (Å²) in [5.41, 5.74) is 0.657. The van der Waals surface area contributed by atoms with Gasteiger partial charge in [-0.3, -0.25) is 0 Å². The van der Waals surface area contributed by atoms with Crippen LogP contribution in [0.4, 0.5) is 0 Å². The molecule has 0 saturated heterocycles. The van der Waals surface area contributed by atoms with Crippen molar-refractivity contribution in [1.29, 1.82) is 0 Å². The average Bonchev–Trinajstić information content (AvgIpc) is 3.07. The van der Waals surface area contributed by atoms with E-state index in [0.29, 0.717) is 11.3 Å². The minimum atomic E-state index is -1.02. The highest BCUT2D eigenvalue weighted by molar-refractivity contribution is 6.28. The number of aromatic carboxylic acids is 1. The predicted octanol–water partition coefficient (Wildman–Crippen LogP) is 3.35. The molecule has 0 aliphatic heterocycles. The molecule has 0 saturated carbocycles. The quantitative estimate of drug-likeness (QED) is 0.795.